The summed E-state index contributed by atoms with van der Waals surface area (Å²) in [5.74, 6) is 0.348. The number of aromatic hydroxyl groups is 1. The van der Waals surface area contributed by atoms with Gasteiger partial charge < -0.3 is 9.84 Å². The second-order valence-electron chi connectivity index (χ2n) is 4.09. The van der Waals surface area contributed by atoms with E-state index in [1.165, 1.54) is 6.21 Å². The first-order valence-electron chi connectivity index (χ1n) is 6.13. The molecular formula is C15H13IN2O3. The molecule has 0 unspecified atom stereocenters. The Morgan fingerprint density at radius 3 is 2.67 bits per heavy atom. The minimum Gasteiger partial charge on any atom is -0.507 e. The highest BCUT2D eigenvalue weighted by Gasteiger charge is 2.01. The average molecular weight is 396 g/mol. The van der Waals surface area contributed by atoms with E-state index in [9.17, 15) is 9.90 Å². The Morgan fingerprint density at radius 1 is 1.24 bits per heavy atom. The third-order valence-corrected chi connectivity index (χ3v) is 3.23. The molecular weight excluding hydrogens is 383 g/mol. The van der Waals surface area contributed by atoms with Gasteiger partial charge in [-0.1, -0.05) is 12.1 Å². The molecule has 0 bridgehead atoms. The van der Waals surface area contributed by atoms with Crippen LogP contribution >= 0.6 is 22.6 Å². The first-order valence-corrected chi connectivity index (χ1v) is 7.21. The van der Waals surface area contributed by atoms with E-state index in [1.54, 1.807) is 36.4 Å². The summed E-state index contributed by atoms with van der Waals surface area (Å²) < 4.78 is 6.40. The molecule has 108 valence electrons. The maximum absolute atomic E-state index is 11.5. The monoisotopic (exact) mass is 396 g/mol. The quantitative estimate of drug-likeness (QED) is 0.464. The number of halogens is 1. The number of para-hydroxylation sites is 1. The number of hydrazone groups is 1. The fraction of sp³-hybridized carbons (Fsp3) is 0.0667. The number of phenols is 1. The molecule has 0 heterocycles. The van der Waals surface area contributed by atoms with Crippen LogP contribution in [0.15, 0.2) is 53.6 Å². The smallest absolute Gasteiger partial charge is 0.277 e. The van der Waals surface area contributed by atoms with Gasteiger partial charge in [-0.05, 0) is 59.0 Å². The van der Waals surface area contributed by atoms with Crippen LogP contribution in [0.2, 0.25) is 0 Å². The predicted octanol–water partition coefficient (Wildman–Crippen LogP) is 2.53. The third kappa shape index (κ3) is 5.07. The highest BCUT2D eigenvalue weighted by molar-refractivity contribution is 14.1. The van der Waals surface area contributed by atoms with Gasteiger partial charge in [-0.2, -0.15) is 5.10 Å². The molecule has 2 rings (SSSR count). The molecule has 0 aliphatic heterocycles. The van der Waals surface area contributed by atoms with Gasteiger partial charge in [0.15, 0.2) is 6.61 Å². The lowest BCUT2D eigenvalue weighted by atomic mass is 10.2. The molecule has 1 amide bonds. The van der Waals surface area contributed by atoms with Crippen LogP contribution in [0.5, 0.6) is 11.5 Å². The average Bonchev–Trinajstić information content (AvgIpc) is 2.49. The summed E-state index contributed by atoms with van der Waals surface area (Å²) in [5.41, 5.74) is 2.86. The van der Waals surface area contributed by atoms with Crippen LogP contribution in [0.4, 0.5) is 0 Å². The van der Waals surface area contributed by atoms with Crippen molar-refractivity contribution in [3.63, 3.8) is 0 Å². The van der Waals surface area contributed by atoms with Gasteiger partial charge in [-0.25, -0.2) is 5.43 Å². The zero-order valence-electron chi connectivity index (χ0n) is 11.0. The molecule has 2 N–H and O–H groups in total. The summed E-state index contributed by atoms with van der Waals surface area (Å²) in [4.78, 5) is 11.5. The number of ether oxygens (including phenoxy) is 1. The Bertz CT molecular complexity index is 642. The van der Waals surface area contributed by atoms with E-state index in [1.807, 2.05) is 12.1 Å². The molecule has 0 fully saturated rings. The maximum Gasteiger partial charge on any atom is 0.277 e. The standard InChI is InChI=1S/C15H13IN2O3/c16-12-5-7-13(8-6-12)21-10-15(20)18-17-9-11-3-1-2-4-14(11)19/h1-9,19H,10H2,(H,18,20)/b17-9+. The largest absolute Gasteiger partial charge is 0.507 e. The van der Waals surface area contributed by atoms with Crippen LogP contribution in [-0.2, 0) is 4.79 Å². The van der Waals surface area contributed by atoms with Crippen molar-refractivity contribution in [3.05, 3.63) is 57.7 Å². The molecule has 2 aromatic carbocycles. The van der Waals surface area contributed by atoms with E-state index in [-0.39, 0.29) is 18.3 Å². The summed E-state index contributed by atoms with van der Waals surface area (Å²) in [5, 5.41) is 13.3. The van der Waals surface area contributed by atoms with E-state index in [0.29, 0.717) is 11.3 Å². The van der Waals surface area contributed by atoms with Crippen LogP contribution in [0.25, 0.3) is 0 Å². The van der Waals surface area contributed by atoms with E-state index in [4.69, 9.17) is 4.74 Å². The second kappa shape index (κ2) is 7.63. The molecule has 0 aliphatic rings. The number of hydrogen-bond donors (Lipinski definition) is 2. The van der Waals surface area contributed by atoms with Crippen LogP contribution in [0, 0.1) is 3.57 Å². The first kappa shape index (κ1) is 15.3. The number of carbonyl (C=O) groups excluding carboxylic acids is 1. The minimum atomic E-state index is -0.375. The second-order valence-corrected chi connectivity index (χ2v) is 5.34. The van der Waals surface area contributed by atoms with Crippen LogP contribution < -0.4 is 10.2 Å². The molecule has 0 aliphatic carbocycles. The molecule has 0 spiro atoms. The van der Waals surface area contributed by atoms with E-state index >= 15 is 0 Å². The van der Waals surface area contributed by atoms with Gasteiger partial charge in [0.25, 0.3) is 5.91 Å². The molecule has 0 saturated heterocycles. The molecule has 0 atom stereocenters. The van der Waals surface area contributed by atoms with Crippen LogP contribution in [-0.4, -0.2) is 23.8 Å². The van der Waals surface area contributed by atoms with Gasteiger partial charge in [0, 0.05) is 9.13 Å². The van der Waals surface area contributed by atoms with Crippen LogP contribution in [0.3, 0.4) is 0 Å². The molecule has 0 saturated carbocycles. The maximum atomic E-state index is 11.5. The summed E-state index contributed by atoms with van der Waals surface area (Å²) >= 11 is 2.19. The lowest BCUT2D eigenvalue weighted by Gasteiger charge is -2.04. The predicted molar refractivity (Wildman–Crippen MR) is 88.5 cm³/mol. The highest BCUT2D eigenvalue weighted by atomic mass is 127. The number of hydrogen-bond acceptors (Lipinski definition) is 4. The number of phenolic OH excluding ortho intramolecular Hbond substituents is 1. The normalized spacial score (nSPS) is 10.5. The summed E-state index contributed by atoms with van der Waals surface area (Å²) in [7, 11) is 0. The summed E-state index contributed by atoms with van der Waals surface area (Å²) in [6.07, 6.45) is 1.37. The molecule has 0 aromatic heterocycles. The van der Waals surface area contributed by atoms with Gasteiger partial charge >= 0.3 is 0 Å². The number of benzene rings is 2. The Kier molecular flexibility index (Phi) is 5.56. The zero-order chi connectivity index (χ0) is 15.1. The summed E-state index contributed by atoms with van der Waals surface area (Å²) in [6, 6.07) is 14.1. The minimum absolute atomic E-state index is 0.102. The highest BCUT2D eigenvalue weighted by Crippen LogP contribution is 2.13. The molecule has 2 aromatic rings. The molecule has 0 radical (unpaired) electrons. The SMILES string of the molecule is O=C(COc1ccc(I)cc1)N/N=C/c1ccccc1O. The van der Waals surface area contributed by atoms with Gasteiger partial charge in [-0.15, -0.1) is 0 Å². The van der Waals surface area contributed by atoms with Crippen molar-refractivity contribution in [1.29, 1.82) is 0 Å². The fourth-order valence-electron chi connectivity index (χ4n) is 1.48. The lowest BCUT2D eigenvalue weighted by Crippen LogP contribution is -2.24. The van der Waals surface area contributed by atoms with Gasteiger partial charge in [0.1, 0.15) is 11.5 Å². The summed E-state index contributed by atoms with van der Waals surface area (Å²) in [6.45, 7) is -0.126. The van der Waals surface area contributed by atoms with Crippen molar-refractivity contribution in [1.82, 2.24) is 5.43 Å². The van der Waals surface area contributed by atoms with E-state index in [0.717, 1.165) is 3.57 Å². The van der Waals surface area contributed by atoms with Gasteiger partial charge in [0.2, 0.25) is 0 Å². The van der Waals surface area contributed by atoms with Crippen molar-refractivity contribution < 1.29 is 14.6 Å². The third-order valence-electron chi connectivity index (χ3n) is 2.51. The topological polar surface area (TPSA) is 70.9 Å². The van der Waals surface area contributed by atoms with Crippen molar-refractivity contribution in [2.45, 2.75) is 0 Å². The number of nitrogens with one attached hydrogen (secondary N) is 1. The van der Waals surface area contributed by atoms with Crippen molar-refractivity contribution in [2.75, 3.05) is 6.61 Å². The fourth-order valence-corrected chi connectivity index (χ4v) is 1.84. The number of carbonyl (C=O) groups is 1. The van der Waals surface area contributed by atoms with Crippen LogP contribution in [0.1, 0.15) is 5.56 Å². The number of amides is 1. The number of rotatable bonds is 5. The Balaban J connectivity index is 1.80. The van der Waals surface area contributed by atoms with Crippen molar-refractivity contribution >= 4 is 34.7 Å². The van der Waals surface area contributed by atoms with Crippen molar-refractivity contribution in [2.24, 2.45) is 5.10 Å². The van der Waals surface area contributed by atoms with E-state index < -0.39 is 0 Å². The number of nitrogens with zero attached hydrogens (tertiary/aromatic N) is 1. The first-order chi connectivity index (χ1) is 10.1. The molecule has 6 heteroatoms. The van der Waals surface area contributed by atoms with Crippen molar-refractivity contribution in [3.8, 4) is 11.5 Å². The zero-order valence-corrected chi connectivity index (χ0v) is 13.1. The molecule has 5 nitrogen and oxygen atoms in total. The molecule has 21 heavy (non-hydrogen) atoms. The Labute approximate surface area is 135 Å². The van der Waals surface area contributed by atoms with E-state index in [2.05, 4.69) is 33.1 Å². The Hall–Kier alpha value is -2.09. The lowest BCUT2D eigenvalue weighted by molar-refractivity contribution is -0.123. The van der Waals surface area contributed by atoms with Gasteiger partial charge in [-0.3, -0.25) is 4.79 Å². The van der Waals surface area contributed by atoms with Gasteiger partial charge in [0.05, 0.1) is 6.21 Å². The Morgan fingerprint density at radius 2 is 1.95 bits per heavy atom.